The molecular weight excluding hydrogens is 334 g/mol. The van der Waals surface area contributed by atoms with E-state index in [0.717, 1.165) is 0 Å². The standard InChI is InChI=1S/C16H17NO6S/c1-16(2,3)17-24(22,23)13-11(14(18)19)8-9-6-4-5-7-10(9)12(13)15(20)21/h4-8,17H,1-3H3,(H,18,19)(H,20,21). The highest BCUT2D eigenvalue weighted by molar-refractivity contribution is 7.89. The van der Waals surface area contributed by atoms with Crippen LogP contribution in [0.15, 0.2) is 35.2 Å². The zero-order valence-corrected chi connectivity index (χ0v) is 14.1. The fraction of sp³-hybridized carbons (Fsp3) is 0.250. The molecule has 128 valence electrons. The molecule has 0 amide bonds. The Kier molecular flexibility index (Phi) is 4.38. The maximum absolute atomic E-state index is 12.7. The van der Waals surface area contributed by atoms with Crippen molar-refractivity contribution < 1.29 is 28.2 Å². The lowest BCUT2D eigenvalue weighted by molar-refractivity contribution is 0.0690. The monoisotopic (exact) mass is 351 g/mol. The predicted octanol–water partition coefficient (Wildman–Crippen LogP) is 2.31. The molecule has 3 N–H and O–H groups in total. The van der Waals surface area contributed by atoms with Crippen molar-refractivity contribution in [3.05, 3.63) is 41.5 Å². The Labute approximate surface area is 139 Å². The van der Waals surface area contributed by atoms with Crippen molar-refractivity contribution in [1.82, 2.24) is 4.72 Å². The summed E-state index contributed by atoms with van der Waals surface area (Å²) in [4.78, 5) is 22.6. The van der Waals surface area contributed by atoms with E-state index in [9.17, 15) is 28.2 Å². The number of rotatable bonds is 4. The molecule has 0 spiro atoms. The van der Waals surface area contributed by atoms with E-state index >= 15 is 0 Å². The number of carboxylic acids is 2. The smallest absolute Gasteiger partial charge is 0.337 e. The van der Waals surface area contributed by atoms with Crippen LogP contribution in [-0.2, 0) is 10.0 Å². The Bertz CT molecular complexity index is 941. The molecule has 2 rings (SSSR count). The number of carboxylic acid groups (broad SMARTS) is 2. The summed E-state index contributed by atoms with van der Waals surface area (Å²) >= 11 is 0. The van der Waals surface area contributed by atoms with Crippen molar-refractivity contribution in [2.24, 2.45) is 0 Å². The third-order valence-electron chi connectivity index (χ3n) is 3.16. The van der Waals surface area contributed by atoms with Crippen LogP contribution in [-0.4, -0.2) is 36.1 Å². The first-order chi connectivity index (χ1) is 10.9. The van der Waals surface area contributed by atoms with Gasteiger partial charge in [-0.05, 0) is 37.6 Å². The van der Waals surface area contributed by atoms with E-state index < -0.39 is 43.5 Å². The lowest BCUT2D eigenvalue weighted by atomic mass is 10.0. The van der Waals surface area contributed by atoms with Crippen LogP contribution in [0.5, 0.6) is 0 Å². The average molecular weight is 351 g/mol. The zero-order chi connectivity index (χ0) is 18.3. The Morgan fingerprint density at radius 1 is 1.04 bits per heavy atom. The minimum absolute atomic E-state index is 0.157. The molecule has 0 aromatic heterocycles. The van der Waals surface area contributed by atoms with Gasteiger partial charge in [0.1, 0.15) is 4.90 Å². The van der Waals surface area contributed by atoms with Crippen molar-refractivity contribution in [1.29, 1.82) is 0 Å². The number of hydrogen-bond donors (Lipinski definition) is 3. The highest BCUT2D eigenvalue weighted by Crippen LogP contribution is 2.30. The van der Waals surface area contributed by atoms with Crippen molar-refractivity contribution in [3.8, 4) is 0 Å². The molecule has 0 heterocycles. The van der Waals surface area contributed by atoms with Crippen LogP contribution in [0.2, 0.25) is 0 Å². The molecule has 0 fully saturated rings. The molecule has 0 aliphatic rings. The van der Waals surface area contributed by atoms with Crippen LogP contribution in [0.25, 0.3) is 10.8 Å². The van der Waals surface area contributed by atoms with Gasteiger partial charge in [0, 0.05) is 5.54 Å². The maximum atomic E-state index is 12.7. The summed E-state index contributed by atoms with van der Waals surface area (Å²) in [5, 5.41) is 19.4. The molecular formula is C16H17NO6S. The van der Waals surface area contributed by atoms with Crippen LogP contribution in [0.4, 0.5) is 0 Å². The normalized spacial score (nSPS) is 12.3. The third-order valence-corrected chi connectivity index (χ3v) is 5.00. The van der Waals surface area contributed by atoms with Gasteiger partial charge >= 0.3 is 11.9 Å². The van der Waals surface area contributed by atoms with Gasteiger partial charge in [0.25, 0.3) is 0 Å². The van der Waals surface area contributed by atoms with Crippen molar-refractivity contribution in [3.63, 3.8) is 0 Å². The van der Waals surface area contributed by atoms with Crippen LogP contribution < -0.4 is 4.72 Å². The first kappa shape index (κ1) is 17.9. The minimum atomic E-state index is -4.37. The van der Waals surface area contributed by atoms with E-state index in [1.165, 1.54) is 18.2 Å². The molecule has 0 saturated carbocycles. The fourth-order valence-corrected chi connectivity index (χ4v) is 4.24. The molecule has 24 heavy (non-hydrogen) atoms. The zero-order valence-electron chi connectivity index (χ0n) is 13.3. The number of sulfonamides is 1. The van der Waals surface area contributed by atoms with Crippen molar-refractivity contribution in [2.75, 3.05) is 0 Å². The van der Waals surface area contributed by atoms with Gasteiger partial charge in [-0.2, -0.15) is 0 Å². The quantitative estimate of drug-likeness (QED) is 0.777. The van der Waals surface area contributed by atoms with Crippen LogP contribution in [0.1, 0.15) is 41.5 Å². The second-order valence-electron chi connectivity index (χ2n) is 6.32. The molecule has 2 aromatic carbocycles. The summed E-state index contributed by atoms with van der Waals surface area (Å²) in [6.07, 6.45) is 0. The number of benzene rings is 2. The molecule has 0 saturated heterocycles. The number of aromatic carboxylic acids is 2. The summed E-state index contributed by atoms with van der Waals surface area (Å²) in [6, 6.07) is 7.31. The van der Waals surface area contributed by atoms with Gasteiger partial charge in [-0.3, -0.25) is 0 Å². The Morgan fingerprint density at radius 3 is 2.12 bits per heavy atom. The number of fused-ring (bicyclic) bond motifs is 1. The predicted molar refractivity (Wildman–Crippen MR) is 87.9 cm³/mol. The minimum Gasteiger partial charge on any atom is -0.478 e. The van der Waals surface area contributed by atoms with E-state index in [2.05, 4.69) is 4.72 Å². The van der Waals surface area contributed by atoms with E-state index in [1.807, 2.05) is 0 Å². The van der Waals surface area contributed by atoms with Crippen LogP contribution in [0, 0.1) is 0 Å². The SMILES string of the molecule is CC(C)(C)NS(=O)(=O)c1c(C(=O)O)cc2ccccc2c1C(=O)O. The largest absolute Gasteiger partial charge is 0.478 e. The summed E-state index contributed by atoms with van der Waals surface area (Å²) in [7, 11) is -4.37. The van der Waals surface area contributed by atoms with Crippen LogP contribution >= 0.6 is 0 Å². The Morgan fingerprint density at radius 2 is 1.62 bits per heavy atom. The average Bonchev–Trinajstić information content (AvgIpc) is 2.42. The van der Waals surface area contributed by atoms with Gasteiger partial charge in [0.05, 0.1) is 11.1 Å². The van der Waals surface area contributed by atoms with Gasteiger partial charge in [-0.25, -0.2) is 22.7 Å². The van der Waals surface area contributed by atoms with Gasteiger partial charge < -0.3 is 10.2 Å². The molecule has 2 aromatic rings. The van der Waals surface area contributed by atoms with Crippen LogP contribution in [0.3, 0.4) is 0 Å². The van der Waals surface area contributed by atoms with Gasteiger partial charge in [-0.1, -0.05) is 24.3 Å². The first-order valence-corrected chi connectivity index (χ1v) is 8.48. The van der Waals surface area contributed by atoms with Crippen molar-refractivity contribution in [2.45, 2.75) is 31.2 Å². The lowest BCUT2D eigenvalue weighted by Crippen LogP contribution is -2.41. The van der Waals surface area contributed by atoms with E-state index in [-0.39, 0.29) is 5.39 Å². The highest BCUT2D eigenvalue weighted by Gasteiger charge is 2.33. The van der Waals surface area contributed by atoms with E-state index in [4.69, 9.17) is 0 Å². The van der Waals surface area contributed by atoms with Gasteiger partial charge in [0.2, 0.25) is 10.0 Å². The maximum Gasteiger partial charge on any atom is 0.337 e. The van der Waals surface area contributed by atoms with Gasteiger partial charge in [-0.15, -0.1) is 0 Å². The van der Waals surface area contributed by atoms with Crippen molar-refractivity contribution >= 4 is 32.7 Å². The number of carbonyl (C=O) groups is 2. The molecule has 8 heteroatoms. The summed E-state index contributed by atoms with van der Waals surface area (Å²) in [6.45, 7) is 4.73. The third kappa shape index (κ3) is 3.39. The van der Waals surface area contributed by atoms with E-state index in [0.29, 0.717) is 5.39 Å². The molecule has 0 aliphatic heterocycles. The summed E-state index contributed by atoms with van der Waals surface area (Å²) < 4.78 is 27.7. The number of nitrogens with one attached hydrogen (secondary N) is 1. The molecule has 0 aliphatic carbocycles. The second kappa shape index (κ2) is 5.88. The fourth-order valence-electron chi connectivity index (χ4n) is 2.43. The molecule has 0 radical (unpaired) electrons. The molecule has 7 nitrogen and oxygen atoms in total. The summed E-state index contributed by atoms with van der Waals surface area (Å²) in [5.41, 5.74) is -2.04. The Hall–Kier alpha value is -2.45. The molecule has 0 bridgehead atoms. The number of hydrogen-bond acceptors (Lipinski definition) is 4. The second-order valence-corrected chi connectivity index (χ2v) is 7.93. The summed E-state index contributed by atoms with van der Waals surface area (Å²) in [5.74, 6) is -3.03. The molecule has 0 unspecified atom stereocenters. The molecule has 0 atom stereocenters. The van der Waals surface area contributed by atoms with E-state index in [1.54, 1.807) is 32.9 Å². The van der Waals surface area contributed by atoms with Gasteiger partial charge in [0.15, 0.2) is 0 Å². The first-order valence-electron chi connectivity index (χ1n) is 7.00. The topological polar surface area (TPSA) is 121 Å². The Balaban J connectivity index is 2.99. The lowest BCUT2D eigenvalue weighted by Gasteiger charge is -2.22. The highest BCUT2D eigenvalue weighted by atomic mass is 32.2.